The fraction of sp³-hybridized carbons (Fsp3) is 0.278. The summed E-state index contributed by atoms with van der Waals surface area (Å²) in [4.78, 5) is 12.2. The van der Waals surface area contributed by atoms with Crippen LogP contribution in [0.1, 0.15) is 11.1 Å². The van der Waals surface area contributed by atoms with E-state index in [2.05, 4.69) is 21.2 Å². The molecule has 1 amide bonds. The lowest BCUT2D eigenvalue weighted by Gasteiger charge is -2.14. The molecule has 0 radical (unpaired) electrons. The predicted octanol–water partition coefficient (Wildman–Crippen LogP) is 4.10. The van der Waals surface area contributed by atoms with Gasteiger partial charge in [-0.05, 0) is 41.4 Å². The Morgan fingerprint density at radius 3 is 2.38 bits per heavy atom. The zero-order valence-electron chi connectivity index (χ0n) is 14.1. The summed E-state index contributed by atoms with van der Waals surface area (Å²) in [6.45, 7) is 3.87. The Balaban J connectivity index is 2.06. The molecule has 0 heterocycles. The smallest absolute Gasteiger partial charge is 0.262 e. The summed E-state index contributed by atoms with van der Waals surface area (Å²) in [5, 5.41) is 2.77. The Labute approximate surface area is 150 Å². The molecule has 128 valence electrons. The van der Waals surface area contributed by atoms with Crippen LogP contribution in [0.4, 0.5) is 5.69 Å². The first-order valence-electron chi connectivity index (χ1n) is 7.36. The summed E-state index contributed by atoms with van der Waals surface area (Å²) in [5.74, 6) is 1.54. The quantitative estimate of drug-likeness (QED) is 0.802. The highest BCUT2D eigenvalue weighted by atomic mass is 79.9. The van der Waals surface area contributed by atoms with E-state index in [4.69, 9.17) is 14.2 Å². The number of amides is 1. The normalized spacial score (nSPS) is 10.2. The standard InChI is InChI=1S/C18H20BrNO4/c1-11-5-6-15(12(2)7-11)24-10-18(21)20-14-9-16(22-3)13(19)8-17(14)23-4/h5-9H,10H2,1-4H3,(H,20,21). The van der Waals surface area contributed by atoms with Crippen LogP contribution in [0.2, 0.25) is 0 Å². The molecular formula is C18H20BrNO4. The molecule has 0 aromatic heterocycles. The van der Waals surface area contributed by atoms with Crippen molar-refractivity contribution in [1.29, 1.82) is 0 Å². The molecule has 0 aliphatic rings. The zero-order chi connectivity index (χ0) is 17.7. The van der Waals surface area contributed by atoms with Gasteiger partial charge in [0, 0.05) is 12.1 Å². The number of halogens is 1. The van der Waals surface area contributed by atoms with Crippen molar-refractivity contribution in [2.75, 3.05) is 26.1 Å². The molecule has 24 heavy (non-hydrogen) atoms. The highest BCUT2D eigenvalue weighted by molar-refractivity contribution is 9.10. The van der Waals surface area contributed by atoms with Crippen molar-refractivity contribution in [2.24, 2.45) is 0 Å². The van der Waals surface area contributed by atoms with Gasteiger partial charge in [-0.3, -0.25) is 4.79 Å². The van der Waals surface area contributed by atoms with Crippen LogP contribution in [-0.2, 0) is 4.79 Å². The van der Waals surface area contributed by atoms with Gasteiger partial charge in [0.25, 0.3) is 5.91 Å². The van der Waals surface area contributed by atoms with Gasteiger partial charge in [0.15, 0.2) is 6.61 Å². The number of methoxy groups -OCH3 is 2. The lowest BCUT2D eigenvalue weighted by molar-refractivity contribution is -0.118. The molecule has 0 unspecified atom stereocenters. The first-order chi connectivity index (χ1) is 11.4. The van der Waals surface area contributed by atoms with E-state index in [1.165, 1.54) is 7.11 Å². The van der Waals surface area contributed by atoms with E-state index in [-0.39, 0.29) is 12.5 Å². The minimum Gasteiger partial charge on any atom is -0.495 e. The number of nitrogens with one attached hydrogen (secondary N) is 1. The fourth-order valence-electron chi connectivity index (χ4n) is 2.25. The second kappa shape index (κ2) is 8.06. The first-order valence-corrected chi connectivity index (χ1v) is 8.15. The molecule has 0 aliphatic carbocycles. The highest BCUT2D eigenvalue weighted by Gasteiger charge is 2.13. The maximum Gasteiger partial charge on any atom is 0.262 e. The Morgan fingerprint density at radius 2 is 1.75 bits per heavy atom. The Kier molecular flexibility index (Phi) is 6.09. The van der Waals surface area contributed by atoms with Gasteiger partial charge < -0.3 is 19.5 Å². The van der Waals surface area contributed by atoms with Crippen molar-refractivity contribution in [1.82, 2.24) is 0 Å². The number of anilines is 1. The Hall–Kier alpha value is -2.21. The highest BCUT2D eigenvalue weighted by Crippen LogP contribution is 2.36. The van der Waals surface area contributed by atoms with Gasteiger partial charge in [-0.1, -0.05) is 17.7 Å². The summed E-state index contributed by atoms with van der Waals surface area (Å²) >= 11 is 3.38. The van der Waals surface area contributed by atoms with Crippen molar-refractivity contribution in [3.05, 3.63) is 45.9 Å². The average Bonchev–Trinajstić information content (AvgIpc) is 2.55. The third-order valence-electron chi connectivity index (χ3n) is 3.44. The summed E-state index contributed by atoms with van der Waals surface area (Å²) in [6, 6.07) is 9.25. The van der Waals surface area contributed by atoms with Crippen molar-refractivity contribution in [3.63, 3.8) is 0 Å². The van der Waals surface area contributed by atoms with Crippen LogP contribution in [0, 0.1) is 13.8 Å². The molecule has 5 nitrogen and oxygen atoms in total. The van der Waals surface area contributed by atoms with Gasteiger partial charge in [-0.25, -0.2) is 0 Å². The van der Waals surface area contributed by atoms with Crippen LogP contribution < -0.4 is 19.5 Å². The lowest BCUT2D eigenvalue weighted by Crippen LogP contribution is -2.20. The number of benzene rings is 2. The van der Waals surface area contributed by atoms with Crippen molar-refractivity contribution >= 4 is 27.5 Å². The van der Waals surface area contributed by atoms with E-state index >= 15 is 0 Å². The molecule has 0 bridgehead atoms. The van der Waals surface area contributed by atoms with Gasteiger partial charge in [-0.2, -0.15) is 0 Å². The topological polar surface area (TPSA) is 56.8 Å². The monoisotopic (exact) mass is 393 g/mol. The van der Waals surface area contributed by atoms with E-state index in [1.807, 2.05) is 32.0 Å². The Morgan fingerprint density at radius 1 is 1.04 bits per heavy atom. The number of rotatable bonds is 6. The van der Waals surface area contributed by atoms with Crippen LogP contribution in [0.5, 0.6) is 17.2 Å². The number of ether oxygens (including phenoxy) is 3. The predicted molar refractivity (Wildman–Crippen MR) is 97.3 cm³/mol. The third kappa shape index (κ3) is 4.41. The van der Waals surface area contributed by atoms with E-state index in [1.54, 1.807) is 19.2 Å². The molecule has 2 aromatic rings. The zero-order valence-corrected chi connectivity index (χ0v) is 15.7. The molecule has 0 atom stereocenters. The summed E-state index contributed by atoms with van der Waals surface area (Å²) < 4.78 is 16.8. The Bertz CT molecular complexity index is 746. The van der Waals surface area contributed by atoms with Crippen LogP contribution in [0.15, 0.2) is 34.8 Å². The van der Waals surface area contributed by atoms with Gasteiger partial charge in [-0.15, -0.1) is 0 Å². The van der Waals surface area contributed by atoms with Gasteiger partial charge in [0.05, 0.1) is 24.4 Å². The minimum absolute atomic E-state index is 0.0918. The number of hydrogen-bond acceptors (Lipinski definition) is 4. The molecule has 1 N–H and O–H groups in total. The van der Waals surface area contributed by atoms with Crippen molar-refractivity contribution < 1.29 is 19.0 Å². The maximum absolute atomic E-state index is 12.2. The fourth-order valence-corrected chi connectivity index (χ4v) is 2.73. The van der Waals surface area contributed by atoms with Gasteiger partial charge in [0.1, 0.15) is 17.2 Å². The van der Waals surface area contributed by atoms with Crippen LogP contribution >= 0.6 is 15.9 Å². The van der Waals surface area contributed by atoms with Gasteiger partial charge in [0.2, 0.25) is 0 Å². The van der Waals surface area contributed by atoms with Gasteiger partial charge >= 0.3 is 0 Å². The van der Waals surface area contributed by atoms with E-state index in [9.17, 15) is 4.79 Å². The molecule has 2 aromatic carbocycles. The number of hydrogen-bond donors (Lipinski definition) is 1. The lowest BCUT2D eigenvalue weighted by atomic mass is 10.1. The third-order valence-corrected chi connectivity index (χ3v) is 4.06. The van der Waals surface area contributed by atoms with E-state index in [0.717, 1.165) is 15.6 Å². The summed E-state index contributed by atoms with van der Waals surface area (Å²) in [6.07, 6.45) is 0. The van der Waals surface area contributed by atoms with E-state index in [0.29, 0.717) is 22.9 Å². The molecule has 0 saturated heterocycles. The van der Waals surface area contributed by atoms with Crippen molar-refractivity contribution in [3.8, 4) is 17.2 Å². The molecule has 2 rings (SSSR count). The first kappa shape index (κ1) is 18.1. The van der Waals surface area contributed by atoms with E-state index < -0.39 is 0 Å². The molecule has 6 heteroatoms. The second-order valence-corrected chi connectivity index (χ2v) is 6.15. The maximum atomic E-state index is 12.2. The molecule has 0 spiro atoms. The summed E-state index contributed by atoms with van der Waals surface area (Å²) in [7, 11) is 3.09. The molecule has 0 aliphatic heterocycles. The SMILES string of the molecule is COc1cc(NC(=O)COc2ccc(C)cc2C)c(OC)cc1Br. The molecular weight excluding hydrogens is 374 g/mol. The van der Waals surface area contributed by atoms with Crippen molar-refractivity contribution in [2.45, 2.75) is 13.8 Å². The number of carbonyl (C=O) groups excluding carboxylic acids is 1. The van der Waals surface area contributed by atoms with Crippen LogP contribution in [0.3, 0.4) is 0 Å². The average molecular weight is 394 g/mol. The number of carbonyl (C=O) groups is 1. The summed E-state index contributed by atoms with van der Waals surface area (Å²) in [5.41, 5.74) is 2.66. The van der Waals surface area contributed by atoms with Crippen LogP contribution in [0.25, 0.3) is 0 Å². The van der Waals surface area contributed by atoms with Crippen LogP contribution in [-0.4, -0.2) is 26.7 Å². The molecule has 0 saturated carbocycles. The largest absolute Gasteiger partial charge is 0.495 e. The minimum atomic E-state index is -0.280. The second-order valence-electron chi connectivity index (χ2n) is 5.29. The number of aryl methyl sites for hydroxylation is 2. The molecule has 0 fully saturated rings.